The van der Waals surface area contributed by atoms with Crippen LogP contribution in [0.1, 0.15) is 29.6 Å². The third-order valence-electron chi connectivity index (χ3n) is 2.35. The van der Waals surface area contributed by atoms with Crippen molar-refractivity contribution in [3.05, 3.63) is 39.9 Å². The van der Waals surface area contributed by atoms with E-state index in [-0.39, 0.29) is 17.0 Å². The topological polar surface area (TPSA) is 52.7 Å². The molecule has 0 aliphatic heterocycles. The summed E-state index contributed by atoms with van der Waals surface area (Å²) in [6, 6.07) is 1.50. The van der Waals surface area contributed by atoms with Gasteiger partial charge in [0, 0.05) is 35.2 Å². The fraction of sp³-hybridized carbons (Fsp3) is 0.364. The molecule has 17 heavy (non-hydrogen) atoms. The van der Waals surface area contributed by atoms with E-state index < -0.39 is 12.7 Å². The maximum absolute atomic E-state index is 12.3. The summed E-state index contributed by atoms with van der Waals surface area (Å²) in [7, 11) is 0. The number of hydrogen-bond acceptors (Lipinski definition) is 3. The van der Waals surface area contributed by atoms with Crippen molar-refractivity contribution < 1.29 is 4.11 Å². The number of nitrogens with zero attached hydrogens (tertiary/aromatic N) is 4. The Morgan fingerprint density at radius 1 is 1.53 bits per heavy atom. The predicted molar refractivity (Wildman–Crippen MR) is 65.7 cm³/mol. The number of aromatic nitrogens is 4. The van der Waals surface area contributed by atoms with Crippen LogP contribution in [0.4, 0.5) is 0 Å². The van der Waals surface area contributed by atoms with Gasteiger partial charge >= 0.3 is 5.69 Å². The van der Waals surface area contributed by atoms with Gasteiger partial charge in [-0.25, -0.2) is 14.3 Å². The fourth-order valence-electron chi connectivity index (χ4n) is 1.55. The van der Waals surface area contributed by atoms with E-state index in [1.807, 2.05) is 13.8 Å². The first-order valence-corrected chi connectivity index (χ1v) is 5.43. The highest BCUT2D eigenvalue weighted by Crippen LogP contribution is 2.16. The molecule has 0 spiro atoms. The number of imidazole rings is 1. The van der Waals surface area contributed by atoms with Gasteiger partial charge in [0.1, 0.15) is 5.82 Å². The van der Waals surface area contributed by atoms with Gasteiger partial charge in [-0.15, -0.1) is 0 Å². The molecule has 0 aromatic carbocycles. The Balaban J connectivity index is 2.75. The highest BCUT2D eigenvalue weighted by molar-refractivity contribution is 6.28. The van der Waals surface area contributed by atoms with Crippen molar-refractivity contribution in [1.82, 2.24) is 19.1 Å². The van der Waals surface area contributed by atoms with Gasteiger partial charge in [0.05, 0.1) is 0 Å². The van der Waals surface area contributed by atoms with Crippen LogP contribution >= 0.6 is 11.6 Å². The second-order valence-electron chi connectivity index (χ2n) is 3.88. The molecule has 0 radical (unpaired) electrons. The van der Waals surface area contributed by atoms with Crippen LogP contribution in [-0.4, -0.2) is 19.1 Å². The highest BCUT2D eigenvalue weighted by atomic mass is 35.5. The lowest BCUT2D eigenvalue weighted by Crippen LogP contribution is -2.23. The first-order chi connectivity index (χ1) is 9.21. The second kappa shape index (κ2) is 4.33. The third kappa shape index (κ3) is 2.10. The molecule has 0 fully saturated rings. The summed E-state index contributed by atoms with van der Waals surface area (Å²) < 4.78 is 24.1. The highest BCUT2D eigenvalue weighted by Gasteiger charge is 2.14. The average Bonchev–Trinajstić information content (AvgIpc) is 2.66. The average molecular weight is 256 g/mol. The van der Waals surface area contributed by atoms with Gasteiger partial charge in [0.2, 0.25) is 5.28 Å². The fourth-order valence-corrected chi connectivity index (χ4v) is 1.69. The van der Waals surface area contributed by atoms with Crippen LogP contribution in [-0.2, 0) is 6.98 Å². The summed E-state index contributed by atoms with van der Waals surface area (Å²) in [6.07, 6.45) is 2.74. The zero-order valence-electron chi connectivity index (χ0n) is 12.4. The summed E-state index contributed by atoms with van der Waals surface area (Å²) in [5, 5.41) is -0.00857. The Kier molecular flexibility index (Phi) is 2.16. The number of aryl methyl sites for hydroxylation is 1. The van der Waals surface area contributed by atoms with E-state index in [0.717, 1.165) is 4.57 Å². The van der Waals surface area contributed by atoms with Gasteiger partial charge in [0.15, 0.2) is 0 Å². The Hall–Kier alpha value is -1.62. The zero-order valence-corrected chi connectivity index (χ0v) is 10.1. The molecular formula is C11H13ClN4O. The van der Waals surface area contributed by atoms with Crippen LogP contribution in [0.15, 0.2) is 23.3 Å². The van der Waals surface area contributed by atoms with Gasteiger partial charge in [-0.1, -0.05) is 13.8 Å². The molecule has 0 aliphatic carbocycles. The van der Waals surface area contributed by atoms with Gasteiger partial charge < -0.3 is 4.57 Å². The van der Waals surface area contributed by atoms with Gasteiger partial charge in [-0.05, 0) is 17.5 Å². The summed E-state index contributed by atoms with van der Waals surface area (Å²) in [6.45, 7) is 1.18. The van der Waals surface area contributed by atoms with Gasteiger partial charge in [0.25, 0.3) is 0 Å². The van der Waals surface area contributed by atoms with E-state index in [1.165, 1.54) is 23.0 Å². The van der Waals surface area contributed by atoms with Crippen molar-refractivity contribution in [3.63, 3.8) is 0 Å². The van der Waals surface area contributed by atoms with E-state index in [1.54, 1.807) is 0 Å². The number of rotatable bonds is 2. The number of hydrogen-bond donors (Lipinski definition) is 0. The molecule has 2 rings (SSSR count). The summed E-state index contributed by atoms with van der Waals surface area (Å²) in [5.41, 5.74) is -0.135. The van der Waals surface area contributed by atoms with E-state index in [0.29, 0.717) is 5.69 Å². The largest absolute Gasteiger partial charge is 0.333 e. The van der Waals surface area contributed by atoms with E-state index in [4.69, 9.17) is 15.7 Å². The van der Waals surface area contributed by atoms with Crippen molar-refractivity contribution in [3.8, 4) is 5.82 Å². The molecular weight excluding hydrogens is 240 g/mol. The van der Waals surface area contributed by atoms with Crippen molar-refractivity contribution in [2.24, 2.45) is 6.98 Å². The van der Waals surface area contributed by atoms with Crippen molar-refractivity contribution in [2.75, 3.05) is 0 Å². The molecule has 2 aromatic rings. The number of halogens is 1. The molecule has 2 heterocycles. The zero-order chi connectivity index (χ0) is 15.1. The lowest BCUT2D eigenvalue weighted by atomic mass is 10.1. The Morgan fingerprint density at radius 2 is 2.29 bits per heavy atom. The minimum absolute atomic E-state index is 0.00857. The molecule has 2 aromatic heterocycles. The molecule has 0 aliphatic rings. The van der Waals surface area contributed by atoms with Crippen LogP contribution in [0.25, 0.3) is 5.82 Å². The van der Waals surface area contributed by atoms with Crippen molar-refractivity contribution >= 4 is 11.6 Å². The molecule has 0 unspecified atom stereocenters. The normalized spacial score (nSPS) is 14.5. The maximum atomic E-state index is 12.3. The molecule has 0 atom stereocenters. The van der Waals surface area contributed by atoms with Crippen LogP contribution in [0.5, 0.6) is 0 Å². The Bertz CT molecular complexity index is 690. The smallest absolute Gasteiger partial charge is 0.302 e. The van der Waals surface area contributed by atoms with Crippen LogP contribution in [0, 0.1) is 0 Å². The van der Waals surface area contributed by atoms with Crippen molar-refractivity contribution in [1.29, 1.82) is 0 Å². The molecule has 0 bridgehead atoms. The monoisotopic (exact) mass is 255 g/mol. The summed E-state index contributed by atoms with van der Waals surface area (Å²) in [4.78, 5) is 20.0. The SMILES string of the molecule is [2H]C([2H])([2H])n1cc(C(C)C)n(-c2ccnc(Cl)n2)c1=O. The lowest BCUT2D eigenvalue weighted by molar-refractivity contribution is 0.755. The quantitative estimate of drug-likeness (QED) is 0.768. The predicted octanol–water partition coefficient (Wildman–Crippen LogP) is 1.74. The van der Waals surface area contributed by atoms with E-state index in [2.05, 4.69) is 9.97 Å². The minimum Gasteiger partial charge on any atom is -0.302 e. The third-order valence-corrected chi connectivity index (χ3v) is 2.53. The van der Waals surface area contributed by atoms with E-state index >= 15 is 0 Å². The Morgan fingerprint density at radius 3 is 2.88 bits per heavy atom. The van der Waals surface area contributed by atoms with Gasteiger partial charge in [-0.3, -0.25) is 0 Å². The second-order valence-corrected chi connectivity index (χ2v) is 4.22. The van der Waals surface area contributed by atoms with Gasteiger partial charge in [-0.2, -0.15) is 4.98 Å². The summed E-state index contributed by atoms with van der Waals surface area (Å²) >= 11 is 5.72. The van der Waals surface area contributed by atoms with Crippen molar-refractivity contribution in [2.45, 2.75) is 19.8 Å². The molecule has 0 saturated carbocycles. The van der Waals surface area contributed by atoms with Crippen LogP contribution < -0.4 is 5.69 Å². The van der Waals surface area contributed by atoms with Crippen LogP contribution in [0.2, 0.25) is 5.28 Å². The molecule has 90 valence electrons. The first-order valence-electron chi connectivity index (χ1n) is 6.55. The molecule has 0 amide bonds. The lowest BCUT2D eigenvalue weighted by Gasteiger charge is -2.08. The molecule has 5 nitrogen and oxygen atoms in total. The first kappa shape index (κ1) is 8.47. The Labute approximate surface area is 108 Å². The standard InChI is InChI=1S/C11H13ClN4O/c1-7(2)8-6-15(3)11(17)16(8)9-4-5-13-10(12)14-9/h4-7H,1-3H3/i3D3. The van der Waals surface area contributed by atoms with E-state index in [9.17, 15) is 4.79 Å². The van der Waals surface area contributed by atoms with Crippen LogP contribution in [0.3, 0.4) is 0 Å². The maximum Gasteiger partial charge on any atom is 0.333 e. The molecule has 6 heteroatoms. The molecule has 0 saturated heterocycles. The summed E-state index contributed by atoms with van der Waals surface area (Å²) in [5.74, 6) is 0.196. The minimum atomic E-state index is -2.54. The molecule has 0 N–H and O–H groups in total.